The standard InChI is InChI=1S/C17H26N2O3S/c1-13(2)12-22-15-8-9-19(11-15)17(20)18-10-14-4-6-16(7-5-14)23(3)21/h4-7,13,15H,8-12H2,1-3H3,(H,18,20)/t15-,23+/m0/s1. The molecule has 1 aromatic rings. The summed E-state index contributed by atoms with van der Waals surface area (Å²) in [4.78, 5) is 14.8. The number of rotatable bonds is 6. The van der Waals surface area contributed by atoms with Crippen molar-refractivity contribution in [2.24, 2.45) is 5.92 Å². The Morgan fingerprint density at radius 3 is 2.70 bits per heavy atom. The van der Waals surface area contributed by atoms with Gasteiger partial charge in [-0.25, -0.2) is 4.79 Å². The van der Waals surface area contributed by atoms with Crippen LogP contribution in [0.3, 0.4) is 0 Å². The fourth-order valence-electron chi connectivity index (χ4n) is 2.47. The molecule has 6 heteroatoms. The van der Waals surface area contributed by atoms with Crippen molar-refractivity contribution < 1.29 is 13.7 Å². The third-order valence-corrected chi connectivity index (χ3v) is 4.73. The highest BCUT2D eigenvalue weighted by atomic mass is 32.2. The van der Waals surface area contributed by atoms with Crippen LogP contribution >= 0.6 is 0 Å². The topological polar surface area (TPSA) is 58.6 Å². The summed E-state index contributed by atoms with van der Waals surface area (Å²) in [7, 11) is -0.971. The van der Waals surface area contributed by atoms with Crippen LogP contribution in [0, 0.1) is 5.92 Å². The van der Waals surface area contributed by atoms with Gasteiger partial charge in [0.15, 0.2) is 0 Å². The van der Waals surface area contributed by atoms with Crippen molar-refractivity contribution in [2.75, 3.05) is 26.0 Å². The third kappa shape index (κ3) is 5.62. The highest BCUT2D eigenvalue weighted by Crippen LogP contribution is 2.14. The van der Waals surface area contributed by atoms with Gasteiger partial charge in [-0.05, 0) is 30.0 Å². The molecule has 5 nitrogen and oxygen atoms in total. The summed E-state index contributed by atoms with van der Waals surface area (Å²) < 4.78 is 17.1. The summed E-state index contributed by atoms with van der Waals surface area (Å²) in [5.74, 6) is 0.512. The molecule has 128 valence electrons. The molecule has 0 radical (unpaired) electrons. The Bertz CT molecular complexity index is 545. The van der Waals surface area contributed by atoms with Crippen LogP contribution in [0.2, 0.25) is 0 Å². The average molecular weight is 338 g/mol. The van der Waals surface area contributed by atoms with Gasteiger partial charge in [-0.3, -0.25) is 4.21 Å². The smallest absolute Gasteiger partial charge is 0.317 e. The van der Waals surface area contributed by atoms with Gasteiger partial charge in [0, 0.05) is 48.2 Å². The summed E-state index contributed by atoms with van der Waals surface area (Å²) in [5, 5.41) is 2.93. The van der Waals surface area contributed by atoms with Crippen LogP contribution in [0.5, 0.6) is 0 Å². The lowest BCUT2D eigenvalue weighted by Gasteiger charge is -2.18. The fraction of sp³-hybridized carbons (Fsp3) is 0.588. The van der Waals surface area contributed by atoms with Gasteiger partial charge in [-0.15, -0.1) is 0 Å². The summed E-state index contributed by atoms with van der Waals surface area (Å²) in [5.41, 5.74) is 0.999. The Morgan fingerprint density at radius 2 is 2.09 bits per heavy atom. The molecule has 1 aromatic carbocycles. The number of amides is 2. The number of ether oxygens (including phenoxy) is 1. The normalized spacial score (nSPS) is 19.1. The second-order valence-electron chi connectivity index (χ2n) is 6.34. The number of likely N-dealkylation sites (tertiary alicyclic amines) is 1. The molecule has 1 aliphatic heterocycles. The predicted octanol–water partition coefficient (Wildman–Crippen LogP) is 2.38. The SMILES string of the molecule is CC(C)CO[C@H]1CCN(C(=O)NCc2ccc([S@@](C)=O)cc2)C1. The zero-order valence-electron chi connectivity index (χ0n) is 14.1. The van der Waals surface area contributed by atoms with Crippen molar-refractivity contribution in [3.05, 3.63) is 29.8 Å². The molecule has 1 fully saturated rings. The van der Waals surface area contributed by atoms with Crippen LogP contribution in [0.4, 0.5) is 4.79 Å². The van der Waals surface area contributed by atoms with E-state index in [2.05, 4.69) is 19.2 Å². The molecule has 1 saturated heterocycles. The highest BCUT2D eigenvalue weighted by Gasteiger charge is 2.26. The van der Waals surface area contributed by atoms with E-state index in [0.29, 0.717) is 19.0 Å². The Balaban J connectivity index is 1.76. The second-order valence-corrected chi connectivity index (χ2v) is 7.72. The first-order chi connectivity index (χ1) is 11.0. The molecule has 0 unspecified atom stereocenters. The summed E-state index contributed by atoms with van der Waals surface area (Å²) in [6.45, 7) is 6.86. The molecule has 2 amide bonds. The minimum absolute atomic E-state index is 0.0520. The van der Waals surface area contributed by atoms with Crippen LogP contribution in [-0.2, 0) is 22.1 Å². The number of hydrogen-bond acceptors (Lipinski definition) is 3. The summed E-state index contributed by atoms with van der Waals surface area (Å²) >= 11 is 0. The molecule has 1 N–H and O–H groups in total. The lowest BCUT2D eigenvalue weighted by Crippen LogP contribution is -2.38. The number of benzene rings is 1. The quantitative estimate of drug-likeness (QED) is 0.866. The van der Waals surface area contributed by atoms with Crippen molar-refractivity contribution in [1.82, 2.24) is 10.2 Å². The first-order valence-corrected chi connectivity index (χ1v) is 9.58. The van der Waals surface area contributed by atoms with E-state index in [1.54, 1.807) is 11.2 Å². The van der Waals surface area contributed by atoms with E-state index in [4.69, 9.17) is 4.74 Å². The monoisotopic (exact) mass is 338 g/mol. The van der Waals surface area contributed by atoms with Crippen molar-refractivity contribution in [2.45, 2.75) is 37.8 Å². The van der Waals surface area contributed by atoms with Gasteiger partial charge in [0.2, 0.25) is 0 Å². The van der Waals surface area contributed by atoms with Crippen molar-refractivity contribution in [1.29, 1.82) is 0 Å². The number of nitrogens with zero attached hydrogens (tertiary/aromatic N) is 1. The van der Waals surface area contributed by atoms with Gasteiger partial charge in [0.25, 0.3) is 0 Å². The van der Waals surface area contributed by atoms with Gasteiger partial charge < -0.3 is 15.0 Å². The first-order valence-electron chi connectivity index (χ1n) is 8.02. The van der Waals surface area contributed by atoms with Crippen LogP contribution < -0.4 is 5.32 Å². The lowest BCUT2D eigenvalue weighted by atomic mass is 10.2. The molecule has 0 saturated carbocycles. The minimum atomic E-state index is -0.971. The van der Waals surface area contributed by atoms with Crippen LogP contribution in [0.15, 0.2) is 29.2 Å². The Hall–Kier alpha value is -1.40. The average Bonchev–Trinajstić information content (AvgIpc) is 3.00. The lowest BCUT2D eigenvalue weighted by molar-refractivity contribution is 0.0436. The van der Waals surface area contributed by atoms with E-state index in [-0.39, 0.29) is 12.1 Å². The number of carbonyl (C=O) groups excluding carboxylic acids is 1. The van der Waals surface area contributed by atoms with E-state index in [9.17, 15) is 9.00 Å². The van der Waals surface area contributed by atoms with Gasteiger partial charge >= 0.3 is 6.03 Å². The molecule has 0 aromatic heterocycles. The molecule has 0 aliphatic carbocycles. The Morgan fingerprint density at radius 1 is 1.39 bits per heavy atom. The molecule has 0 bridgehead atoms. The molecular weight excluding hydrogens is 312 g/mol. The molecule has 1 heterocycles. The number of urea groups is 1. The predicted molar refractivity (Wildman–Crippen MR) is 91.8 cm³/mol. The van der Waals surface area contributed by atoms with Crippen molar-refractivity contribution >= 4 is 16.8 Å². The molecular formula is C17H26N2O3S. The zero-order chi connectivity index (χ0) is 16.8. The Labute approximate surface area is 140 Å². The van der Waals surface area contributed by atoms with E-state index in [0.717, 1.165) is 30.0 Å². The Kier molecular flexibility index (Phi) is 6.59. The molecule has 2 rings (SSSR count). The maximum atomic E-state index is 12.2. The van der Waals surface area contributed by atoms with Gasteiger partial charge in [0.05, 0.1) is 6.10 Å². The number of nitrogens with one attached hydrogen (secondary N) is 1. The highest BCUT2D eigenvalue weighted by molar-refractivity contribution is 7.84. The molecule has 2 atom stereocenters. The van der Waals surface area contributed by atoms with Gasteiger partial charge in [0.1, 0.15) is 0 Å². The largest absolute Gasteiger partial charge is 0.376 e. The summed E-state index contributed by atoms with van der Waals surface area (Å²) in [6.07, 6.45) is 2.71. The zero-order valence-corrected chi connectivity index (χ0v) is 14.9. The van der Waals surface area contributed by atoms with Gasteiger partial charge in [-0.1, -0.05) is 26.0 Å². The molecule has 1 aliphatic rings. The van der Waals surface area contributed by atoms with E-state index in [1.165, 1.54) is 0 Å². The van der Waals surface area contributed by atoms with E-state index < -0.39 is 10.8 Å². The summed E-state index contributed by atoms with van der Waals surface area (Å²) in [6, 6.07) is 7.42. The maximum absolute atomic E-state index is 12.2. The van der Waals surface area contributed by atoms with E-state index in [1.807, 2.05) is 24.3 Å². The van der Waals surface area contributed by atoms with Crippen LogP contribution in [-0.4, -0.2) is 47.2 Å². The van der Waals surface area contributed by atoms with Crippen LogP contribution in [0.1, 0.15) is 25.8 Å². The van der Waals surface area contributed by atoms with Gasteiger partial charge in [-0.2, -0.15) is 0 Å². The maximum Gasteiger partial charge on any atom is 0.317 e. The van der Waals surface area contributed by atoms with E-state index >= 15 is 0 Å². The molecule has 23 heavy (non-hydrogen) atoms. The van der Waals surface area contributed by atoms with Crippen LogP contribution in [0.25, 0.3) is 0 Å². The van der Waals surface area contributed by atoms with Crippen molar-refractivity contribution in [3.8, 4) is 0 Å². The fourth-order valence-corrected chi connectivity index (χ4v) is 2.99. The first kappa shape index (κ1) is 17.9. The molecule has 0 spiro atoms. The number of hydrogen-bond donors (Lipinski definition) is 1. The third-order valence-electron chi connectivity index (χ3n) is 3.80. The number of carbonyl (C=O) groups is 1. The van der Waals surface area contributed by atoms with Crippen molar-refractivity contribution in [3.63, 3.8) is 0 Å². The second kappa shape index (κ2) is 8.45. The minimum Gasteiger partial charge on any atom is -0.376 e.